The zero-order valence-corrected chi connectivity index (χ0v) is 25.6. The number of phenols is 4. The van der Waals surface area contributed by atoms with E-state index in [1.54, 1.807) is 24.3 Å². The standard InChI is InChI=1S/C34H26N4O6S2/c39-25-11-13-29(41)21(17-25)19-27-32(43)37(23-7-3-1-4-8-23)31(35-27)15-16-45-46-34-36-28(20-22-18-26(40)12-14-30(22)42)33(44)38(34)24-9-5-2-6-10-24/h1-15,17-20,35,39-42H,16H2/b27-19-,28-20-,31-15?. The Balaban J connectivity index is 1.32. The predicted octanol–water partition coefficient (Wildman–Crippen LogP) is 4.42. The van der Waals surface area contributed by atoms with E-state index in [-0.39, 0.29) is 50.7 Å². The summed E-state index contributed by atoms with van der Waals surface area (Å²) in [5.74, 6) is -0.282. The first-order chi connectivity index (χ1) is 22.3. The molecule has 4 aromatic carbocycles. The monoisotopic (exact) mass is 650 g/mol. The number of para-hydroxylation sites is 2. The molecule has 0 saturated carbocycles. The quantitative estimate of drug-likeness (QED) is 0.0752. The zero-order valence-electron chi connectivity index (χ0n) is 23.9. The number of phenolic OH excluding ortho intramolecular Hbond substituents is 4. The number of hydrogen-bond acceptors (Lipinski definition) is 9. The van der Waals surface area contributed by atoms with Crippen LogP contribution >= 0.6 is 21.6 Å². The topological polar surface area (TPSA) is 151 Å². The van der Waals surface area contributed by atoms with Crippen molar-refractivity contribution in [3.05, 3.63) is 135 Å². The number of aromatic hydroxyl groups is 4. The van der Waals surface area contributed by atoms with E-state index in [9.17, 15) is 30.0 Å². The van der Waals surface area contributed by atoms with Gasteiger partial charge in [-0.1, -0.05) is 47.2 Å². The largest absolute Gasteiger partial charge is 0.508 e. The number of amides is 1. The minimum Gasteiger partial charge on any atom is -0.508 e. The Kier molecular flexibility index (Phi) is 8.72. The highest BCUT2D eigenvalue weighted by atomic mass is 33.1. The third-order valence-electron chi connectivity index (χ3n) is 6.89. The number of rotatable bonds is 7. The molecule has 0 radical (unpaired) electrons. The number of benzene rings is 4. The van der Waals surface area contributed by atoms with Gasteiger partial charge in [-0.05, 0) is 89.7 Å². The Morgan fingerprint density at radius 3 is 1.96 bits per heavy atom. The summed E-state index contributed by atoms with van der Waals surface area (Å²) < 4.78 is 1.52. The van der Waals surface area contributed by atoms with E-state index in [4.69, 9.17) is 0 Å². The van der Waals surface area contributed by atoms with Crippen molar-refractivity contribution < 1.29 is 25.2 Å². The van der Waals surface area contributed by atoms with Gasteiger partial charge in [0.2, 0.25) is 0 Å². The molecule has 0 spiro atoms. The molecule has 0 aliphatic carbocycles. The van der Waals surface area contributed by atoms with E-state index in [0.29, 0.717) is 27.8 Å². The Morgan fingerprint density at radius 1 is 0.739 bits per heavy atom. The summed E-state index contributed by atoms with van der Waals surface area (Å²) in [7, 11) is 2.66. The highest BCUT2D eigenvalue weighted by Crippen LogP contribution is 2.35. The first kappa shape index (κ1) is 30.4. The van der Waals surface area contributed by atoms with Crippen LogP contribution < -0.4 is 21.3 Å². The summed E-state index contributed by atoms with van der Waals surface area (Å²) in [6.07, 6.45) is 4.74. The second kappa shape index (κ2) is 13.2. The summed E-state index contributed by atoms with van der Waals surface area (Å²) in [4.78, 5) is 36.2. The molecule has 0 atom stereocenters. The van der Waals surface area contributed by atoms with Gasteiger partial charge in [0.25, 0.3) is 11.5 Å². The number of nitrogens with one attached hydrogen (secondary N) is 1. The second-order valence-corrected chi connectivity index (χ2v) is 12.3. The Hall–Kier alpha value is -5.59. The molecule has 0 bridgehead atoms. The molecule has 6 rings (SSSR count). The van der Waals surface area contributed by atoms with E-state index < -0.39 is 5.91 Å². The van der Waals surface area contributed by atoms with Crippen LogP contribution in [0.3, 0.4) is 0 Å². The second-order valence-electron chi connectivity index (χ2n) is 10.0. The van der Waals surface area contributed by atoms with Gasteiger partial charge in [0.05, 0.1) is 11.4 Å². The molecule has 1 aromatic heterocycles. The predicted molar refractivity (Wildman–Crippen MR) is 183 cm³/mol. The molecule has 5 aromatic rings. The molecule has 0 unspecified atom stereocenters. The molecular formula is C34H26N4O6S2. The van der Waals surface area contributed by atoms with E-state index in [2.05, 4.69) is 9.98 Å². The number of aromatic amines is 1. The average molecular weight is 651 g/mol. The van der Waals surface area contributed by atoms with Gasteiger partial charge in [-0.2, -0.15) is 0 Å². The first-order valence-electron chi connectivity index (χ1n) is 13.9. The van der Waals surface area contributed by atoms with Crippen molar-refractivity contribution in [3.63, 3.8) is 0 Å². The third kappa shape index (κ3) is 6.43. The summed E-state index contributed by atoms with van der Waals surface area (Å²) in [5.41, 5.74) is 2.04. The molecule has 0 fully saturated rings. The lowest BCUT2D eigenvalue weighted by Gasteiger charge is -2.17. The maximum Gasteiger partial charge on any atom is 0.283 e. The number of aliphatic imine (C=N–C) groups is 1. The van der Waals surface area contributed by atoms with Crippen molar-refractivity contribution >= 4 is 56.6 Å². The van der Waals surface area contributed by atoms with Crippen molar-refractivity contribution in [2.75, 3.05) is 10.7 Å². The normalized spacial score (nSPS) is 14.8. The van der Waals surface area contributed by atoms with E-state index in [1.807, 2.05) is 42.5 Å². The van der Waals surface area contributed by atoms with Crippen molar-refractivity contribution in [1.29, 1.82) is 0 Å². The van der Waals surface area contributed by atoms with Gasteiger partial charge in [-0.3, -0.25) is 19.1 Å². The number of hydrogen-bond donors (Lipinski definition) is 5. The molecular weight excluding hydrogens is 625 g/mol. The minimum atomic E-state index is -0.390. The molecule has 1 aliphatic rings. The van der Waals surface area contributed by atoms with Crippen molar-refractivity contribution in [3.8, 4) is 28.7 Å². The molecule has 1 aliphatic heterocycles. The zero-order chi connectivity index (χ0) is 32.2. The van der Waals surface area contributed by atoms with Gasteiger partial charge in [-0.25, -0.2) is 4.99 Å². The Labute approximate surface area is 270 Å². The number of imidazole rings is 1. The third-order valence-corrected chi connectivity index (χ3v) is 8.94. The molecule has 12 heteroatoms. The lowest BCUT2D eigenvalue weighted by atomic mass is 10.1. The molecule has 0 saturated heterocycles. The van der Waals surface area contributed by atoms with Crippen LogP contribution in [-0.2, 0) is 4.79 Å². The van der Waals surface area contributed by atoms with Crippen LogP contribution in [0.15, 0.2) is 113 Å². The molecule has 230 valence electrons. The van der Waals surface area contributed by atoms with Gasteiger partial charge in [0.1, 0.15) is 39.5 Å². The van der Waals surface area contributed by atoms with Crippen LogP contribution in [0.2, 0.25) is 0 Å². The Morgan fingerprint density at radius 2 is 1.33 bits per heavy atom. The van der Waals surface area contributed by atoms with E-state index >= 15 is 0 Å². The van der Waals surface area contributed by atoms with Crippen LogP contribution in [0.25, 0.3) is 23.9 Å². The molecule has 2 heterocycles. The molecule has 46 heavy (non-hydrogen) atoms. The van der Waals surface area contributed by atoms with Crippen molar-refractivity contribution in [1.82, 2.24) is 9.55 Å². The Bertz CT molecular complexity index is 2180. The fraction of sp³-hybridized carbons (Fsp3) is 0.0294. The van der Waals surface area contributed by atoms with Gasteiger partial charge in [0, 0.05) is 16.9 Å². The van der Waals surface area contributed by atoms with Gasteiger partial charge in [0.15, 0.2) is 5.17 Å². The van der Waals surface area contributed by atoms with Crippen molar-refractivity contribution in [2.45, 2.75) is 0 Å². The van der Waals surface area contributed by atoms with Gasteiger partial charge in [-0.15, -0.1) is 0 Å². The van der Waals surface area contributed by atoms with E-state index in [1.165, 1.54) is 79.6 Å². The first-order valence-corrected chi connectivity index (χ1v) is 16.2. The SMILES string of the molecule is O=C1/C(=C/c2cc(O)ccc2O)N=C(SSCC=c2[nH]/c(=C\c3cc(O)ccc3O)c(=O)n2-c2ccccc2)N1c1ccccc1. The lowest BCUT2D eigenvalue weighted by Crippen LogP contribution is -2.30. The maximum atomic E-state index is 13.5. The van der Waals surface area contributed by atoms with Gasteiger partial charge < -0.3 is 25.4 Å². The van der Waals surface area contributed by atoms with Crippen molar-refractivity contribution in [2.24, 2.45) is 4.99 Å². The maximum absolute atomic E-state index is 13.5. The van der Waals surface area contributed by atoms with Crippen LogP contribution in [0.5, 0.6) is 23.0 Å². The number of nitrogens with zero attached hydrogens (tertiary/aromatic N) is 3. The number of anilines is 1. The summed E-state index contributed by atoms with van der Waals surface area (Å²) in [5, 5.41) is 40.9. The fourth-order valence-electron chi connectivity index (χ4n) is 4.73. The van der Waals surface area contributed by atoms with Gasteiger partial charge >= 0.3 is 0 Å². The van der Waals surface area contributed by atoms with Crippen LogP contribution in [0.4, 0.5) is 5.69 Å². The highest BCUT2D eigenvalue weighted by Gasteiger charge is 2.32. The van der Waals surface area contributed by atoms with E-state index in [0.717, 1.165) is 0 Å². The molecule has 10 nitrogen and oxygen atoms in total. The summed E-state index contributed by atoms with van der Waals surface area (Å²) in [6.45, 7) is 0. The average Bonchev–Trinajstić information content (AvgIpc) is 3.54. The van der Waals surface area contributed by atoms with Crippen LogP contribution in [-0.4, -0.2) is 46.8 Å². The summed E-state index contributed by atoms with van der Waals surface area (Å²) in [6, 6.07) is 26.3. The fourth-order valence-corrected chi connectivity index (χ4v) is 6.58. The number of carbonyl (C=O) groups excluding carboxylic acids is 1. The lowest BCUT2D eigenvalue weighted by molar-refractivity contribution is -0.113. The highest BCUT2D eigenvalue weighted by molar-refractivity contribution is 8.82. The number of aromatic nitrogens is 2. The number of amidine groups is 1. The smallest absolute Gasteiger partial charge is 0.283 e. The molecule has 5 N–H and O–H groups in total. The number of H-pyrrole nitrogens is 1. The van der Waals surface area contributed by atoms with Crippen LogP contribution in [0.1, 0.15) is 11.1 Å². The summed E-state index contributed by atoms with van der Waals surface area (Å²) >= 11 is 0. The minimum absolute atomic E-state index is 0.0474. The number of carbonyl (C=O) groups is 1. The molecule has 1 amide bonds. The van der Waals surface area contributed by atoms with Crippen LogP contribution in [0, 0.1) is 0 Å².